The predicted molar refractivity (Wildman–Crippen MR) is 107 cm³/mol. The number of rotatable bonds is 4. The van der Waals surface area contributed by atoms with Crippen molar-refractivity contribution in [1.82, 2.24) is 0 Å². The Morgan fingerprint density at radius 3 is 2.50 bits per heavy atom. The summed E-state index contributed by atoms with van der Waals surface area (Å²) in [4.78, 5) is 15.9. The van der Waals surface area contributed by atoms with Gasteiger partial charge in [0.05, 0.1) is 4.91 Å². The molecule has 0 bridgehead atoms. The van der Waals surface area contributed by atoms with Gasteiger partial charge in [-0.3, -0.25) is 4.79 Å². The Hall–Kier alpha value is -3.05. The van der Waals surface area contributed by atoms with Crippen molar-refractivity contribution in [2.45, 2.75) is 6.61 Å². The van der Waals surface area contributed by atoms with E-state index in [1.165, 1.54) is 22.5 Å². The molecule has 0 unspecified atom stereocenters. The van der Waals surface area contributed by atoms with E-state index in [1.807, 2.05) is 36.4 Å². The van der Waals surface area contributed by atoms with Crippen molar-refractivity contribution in [2.75, 3.05) is 0 Å². The van der Waals surface area contributed by atoms with Gasteiger partial charge in [0.15, 0.2) is 5.17 Å². The maximum atomic E-state index is 11.6. The van der Waals surface area contributed by atoms with E-state index >= 15 is 0 Å². The Labute approximate surface area is 155 Å². The molecule has 0 radical (unpaired) electrons. The van der Waals surface area contributed by atoms with Crippen molar-refractivity contribution in [1.29, 1.82) is 0 Å². The van der Waals surface area contributed by atoms with Gasteiger partial charge in [-0.25, -0.2) is 0 Å². The maximum Gasteiger partial charge on any atom is 0.286 e. The molecular weight excluding hydrogens is 344 g/mol. The van der Waals surface area contributed by atoms with E-state index in [4.69, 9.17) is 10.5 Å². The summed E-state index contributed by atoms with van der Waals surface area (Å²) >= 11 is 1.19. The van der Waals surface area contributed by atoms with Crippen LogP contribution in [0.15, 0.2) is 76.6 Å². The molecule has 0 saturated carbocycles. The van der Waals surface area contributed by atoms with Crippen LogP contribution in [0, 0.1) is 0 Å². The highest BCUT2D eigenvalue weighted by molar-refractivity contribution is 8.18. The first-order valence-electron chi connectivity index (χ1n) is 8.16. The van der Waals surface area contributed by atoms with E-state index in [-0.39, 0.29) is 11.1 Å². The fourth-order valence-corrected chi connectivity index (χ4v) is 3.41. The van der Waals surface area contributed by atoms with E-state index in [2.05, 4.69) is 35.3 Å². The molecule has 26 heavy (non-hydrogen) atoms. The van der Waals surface area contributed by atoms with Crippen LogP contribution in [0.1, 0.15) is 11.1 Å². The summed E-state index contributed by atoms with van der Waals surface area (Å²) < 4.78 is 5.87. The van der Waals surface area contributed by atoms with Gasteiger partial charge in [-0.1, -0.05) is 48.5 Å². The normalized spacial score (nSPS) is 15.5. The number of benzene rings is 3. The number of nitrogens with zero attached hydrogens (tertiary/aromatic N) is 1. The van der Waals surface area contributed by atoms with Crippen molar-refractivity contribution in [3.8, 4) is 5.75 Å². The summed E-state index contributed by atoms with van der Waals surface area (Å²) in [5.74, 6) is 0.491. The smallest absolute Gasteiger partial charge is 0.286 e. The zero-order chi connectivity index (χ0) is 17.9. The molecule has 0 atom stereocenters. The van der Waals surface area contributed by atoms with Crippen LogP contribution in [-0.4, -0.2) is 11.1 Å². The van der Waals surface area contributed by atoms with Gasteiger partial charge in [0.2, 0.25) is 0 Å². The zero-order valence-electron chi connectivity index (χ0n) is 13.9. The minimum absolute atomic E-state index is 0.288. The molecule has 4 rings (SSSR count). The standard InChI is InChI=1S/C21H16N2O2S/c22-21-23-20(24)19(26-21)12-14-6-9-18(10-7-14)25-13-15-5-8-16-3-1-2-4-17(16)11-15/h1-12H,13H2,(H2,22,23,24). The summed E-state index contributed by atoms with van der Waals surface area (Å²) in [6.45, 7) is 0.504. The van der Waals surface area contributed by atoms with Crippen molar-refractivity contribution >= 4 is 39.7 Å². The minimum Gasteiger partial charge on any atom is -0.489 e. The van der Waals surface area contributed by atoms with Crippen molar-refractivity contribution in [2.24, 2.45) is 10.7 Å². The average molecular weight is 360 g/mol. The molecule has 5 heteroatoms. The minimum atomic E-state index is -0.288. The molecular formula is C21H16N2O2S. The summed E-state index contributed by atoms with van der Waals surface area (Å²) in [5.41, 5.74) is 7.58. The highest BCUT2D eigenvalue weighted by atomic mass is 32.2. The molecule has 2 N–H and O–H groups in total. The van der Waals surface area contributed by atoms with Crippen LogP contribution < -0.4 is 10.5 Å². The van der Waals surface area contributed by atoms with Gasteiger partial charge in [-0.2, -0.15) is 4.99 Å². The SMILES string of the molecule is NC1=NC(=O)C(=Cc2ccc(OCc3ccc4ccccc4c3)cc2)S1. The number of amidine groups is 1. The van der Waals surface area contributed by atoms with Crippen molar-refractivity contribution < 1.29 is 9.53 Å². The Balaban J connectivity index is 1.42. The van der Waals surface area contributed by atoms with Crippen LogP contribution >= 0.6 is 11.8 Å². The average Bonchev–Trinajstić information content (AvgIpc) is 2.98. The first-order chi connectivity index (χ1) is 12.7. The number of ether oxygens (including phenoxy) is 1. The Kier molecular flexibility index (Phi) is 4.46. The lowest BCUT2D eigenvalue weighted by molar-refractivity contribution is -0.113. The number of carbonyl (C=O) groups excluding carboxylic acids is 1. The van der Waals surface area contributed by atoms with Gasteiger partial charge in [-0.05, 0) is 57.9 Å². The molecule has 1 aliphatic heterocycles. The number of nitrogens with two attached hydrogens (primary N) is 1. The van der Waals surface area contributed by atoms with Crippen LogP contribution in [0.25, 0.3) is 16.8 Å². The van der Waals surface area contributed by atoms with E-state index in [9.17, 15) is 4.79 Å². The van der Waals surface area contributed by atoms with Crippen LogP contribution in [0.3, 0.4) is 0 Å². The van der Waals surface area contributed by atoms with Crippen LogP contribution in [0.2, 0.25) is 0 Å². The number of hydrogen-bond donors (Lipinski definition) is 1. The molecule has 3 aromatic rings. The molecule has 0 fully saturated rings. The van der Waals surface area contributed by atoms with E-state index in [1.54, 1.807) is 6.08 Å². The summed E-state index contributed by atoms with van der Waals surface area (Å²) in [6, 6.07) is 22.2. The molecule has 1 amide bonds. The number of aliphatic imine (C=N–C) groups is 1. The lowest BCUT2D eigenvalue weighted by atomic mass is 10.1. The molecule has 4 nitrogen and oxygen atoms in total. The van der Waals surface area contributed by atoms with E-state index < -0.39 is 0 Å². The monoisotopic (exact) mass is 360 g/mol. The second kappa shape index (κ2) is 7.06. The Morgan fingerprint density at radius 2 is 1.77 bits per heavy atom. The molecule has 0 aliphatic carbocycles. The summed E-state index contributed by atoms with van der Waals surface area (Å²) in [5, 5.41) is 2.71. The molecule has 0 saturated heterocycles. The number of hydrogen-bond acceptors (Lipinski definition) is 4. The van der Waals surface area contributed by atoms with Gasteiger partial charge >= 0.3 is 0 Å². The second-order valence-corrected chi connectivity index (χ2v) is 6.97. The predicted octanol–water partition coefficient (Wildman–Crippen LogP) is 4.35. The molecule has 3 aromatic carbocycles. The number of carbonyl (C=O) groups is 1. The first-order valence-corrected chi connectivity index (χ1v) is 8.98. The van der Waals surface area contributed by atoms with Gasteiger partial charge in [-0.15, -0.1) is 0 Å². The van der Waals surface area contributed by atoms with Crippen LogP contribution in [-0.2, 0) is 11.4 Å². The number of fused-ring (bicyclic) bond motifs is 1. The highest BCUT2D eigenvalue weighted by Gasteiger charge is 2.19. The van der Waals surface area contributed by atoms with Gasteiger partial charge in [0.25, 0.3) is 5.91 Å². The molecule has 0 aromatic heterocycles. The van der Waals surface area contributed by atoms with Crippen molar-refractivity contribution in [3.05, 3.63) is 82.8 Å². The fourth-order valence-electron chi connectivity index (χ4n) is 2.73. The molecule has 0 spiro atoms. The quantitative estimate of drug-likeness (QED) is 0.703. The lowest BCUT2D eigenvalue weighted by Gasteiger charge is -2.08. The largest absolute Gasteiger partial charge is 0.489 e. The maximum absolute atomic E-state index is 11.6. The second-order valence-electron chi connectivity index (χ2n) is 5.91. The molecule has 1 aliphatic rings. The summed E-state index contributed by atoms with van der Waals surface area (Å²) in [7, 11) is 0. The molecule has 128 valence electrons. The summed E-state index contributed by atoms with van der Waals surface area (Å²) in [6.07, 6.45) is 1.78. The van der Waals surface area contributed by atoms with Gasteiger partial charge in [0.1, 0.15) is 12.4 Å². The lowest BCUT2D eigenvalue weighted by Crippen LogP contribution is -2.01. The number of amides is 1. The van der Waals surface area contributed by atoms with Gasteiger partial charge < -0.3 is 10.5 Å². The Morgan fingerprint density at radius 1 is 1.00 bits per heavy atom. The molecule has 1 heterocycles. The third-order valence-electron chi connectivity index (χ3n) is 4.03. The van der Waals surface area contributed by atoms with Crippen molar-refractivity contribution in [3.63, 3.8) is 0 Å². The van der Waals surface area contributed by atoms with Gasteiger partial charge in [0, 0.05) is 0 Å². The van der Waals surface area contributed by atoms with E-state index in [0.29, 0.717) is 11.5 Å². The highest BCUT2D eigenvalue weighted by Crippen LogP contribution is 2.27. The number of thioether (sulfide) groups is 1. The van der Waals surface area contributed by atoms with Crippen LogP contribution in [0.5, 0.6) is 5.75 Å². The first kappa shape index (κ1) is 16.4. The third kappa shape index (κ3) is 3.63. The third-order valence-corrected chi connectivity index (χ3v) is 4.85. The topological polar surface area (TPSA) is 64.7 Å². The Bertz CT molecular complexity index is 1040. The van der Waals surface area contributed by atoms with E-state index in [0.717, 1.165) is 16.9 Å². The zero-order valence-corrected chi connectivity index (χ0v) is 14.7. The van der Waals surface area contributed by atoms with Crippen LogP contribution in [0.4, 0.5) is 0 Å². The fraction of sp³-hybridized carbons (Fsp3) is 0.0476.